The number of halogens is 1. The molecule has 0 aliphatic carbocycles. The number of aromatic nitrogens is 3. The van der Waals surface area contributed by atoms with Crippen LogP contribution in [-0.4, -0.2) is 23.4 Å². The number of hydrogen-bond donors (Lipinski definition) is 1. The molecule has 1 N–H and O–H groups in total. The predicted molar refractivity (Wildman–Crippen MR) is 120 cm³/mol. The molecule has 8 heteroatoms. The summed E-state index contributed by atoms with van der Waals surface area (Å²) >= 11 is 7.58. The zero-order chi connectivity index (χ0) is 20.7. The van der Waals surface area contributed by atoms with Gasteiger partial charge in [0.1, 0.15) is 9.90 Å². The Morgan fingerprint density at radius 1 is 0.967 bits per heavy atom. The fourth-order valence-electron chi connectivity index (χ4n) is 3.33. The molecule has 0 bridgehead atoms. The molecule has 5 aromatic rings. The van der Waals surface area contributed by atoms with Gasteiger partial charge in [-0.25, -0.2) is 13.4 Å². The second kappa shape index (κ2) is 7.36. The van der Waals surface area contributed by atoms with E-state index in [1.807, 2.05) is 17.5 Å². The molecule has 0 saturated heterocycles. The Morgan fingerprint density at radius 2 is 1.73 bits per heavy atom. The number of benzene rings is 2. The van der Waals surface area contributed by atoms with E-state index in [1.54, 1.807) is 60.9 Å². The van der Waals surface area contributed by atoms with Crippen molar-refractivity contribution in [3.05, 3.63) is 83.5 Å². The number of H-pyrrole nitrogens is 1. The maximum atomic E-state index is 13.6. The number of pyridine rings is 1. The second-order valence-electron chi connectivity index (χ2n) is 6.61. The fourth-order valence-corrected chi connectivity index (χ4v) is 6.03. The van der Waals surface area contributed by atoms with E-state index in [2.05, 4.69) is 9.97 Å². The minimum atomic E-state index is -3.81. The molecule has 5 nitrogen and oxygen atoms in total. The highest BCUT2D eigenvalue weighted by molar-refractivity contribution is 7.92. The van der Waals surface area contributed by atoms with Crippen LogP contribution in [0.3, 0.4) is 0 Å². The molecule has 0 spiro atoms. The number of rotatable bonds is 4. The fraction of sp³-hybridized carbons (Fsp3) is 0. The van der Waals surface area contributed by atoms with Gasteiger partial charge in [0.25, 0.3) is 0 Å². The number of fused-ring (bicyclic) bond motifs is 1. The van der Waals surface area contributed by atoms with Crippen LogP contribution in [0.25, 0.3) is 32.9 Å². The maximum Gasteiger partial charge on any atom is 0.209 e. The largest absolute Gasteiger partial charge is 0.351 e. The number of aromatic amines is 1. The minimum absolute atomic E-state index is 0.182. The second-order valence-corrected chi connectivity index (χ2v) is 9.79. The molecule has 0 fully saturated rings. The average Bonchev–Trinajstić information content (AvgIpc) is 3.40. The summed E-state index contributed by atoms with van der Waals surface area (Å²) in [7, 11) is -3.81. The van der Waals surface area contributed by atoms with Crippen molar-refractivity contribution in [3.8, 4) is 22.0 Å². The Hall–Kier alpha value is -3.00. The average molecular weight is 452 g/mol. The smallest absolute Gasteiger partial charge is 0.209 e. The van der Waals surface area contributed by atoms with Gasteiger partial charge in [-0.15, -0.1) is 11.3 Å². The summed E-state index contributed by atoms with van der Waals surface area (Å²) in [6, 6.07) is 17.3. The van der Waals surface area contributed by atoms with Crippen molar-refractivity contribution in [1.29, 1.82) is 0 Å². The van der Waals surface area contributed by atoms with Gasteiger partial charge in [0.2, 0.25) is 9.84 Å². The van der Waals surface area contributed by atoms with E-state index in [0.717, 1.165) is 11.3 Å². The van der Waals surface area contributed by atoms with Crippen molar-refractivity contribution in [2.24, 2.45) is 0 Å². The van der Waals surface area contributed by atoms with Crippen LogP contribution in [-0.2, 0) is 9.84 Å². The molecule has 0 amide bonds. The predicted octanol–water partition coefficient (Wildman–Crippen LogP) is 5.84. The molecule has 0 saturated carbocycles. The third-order valence-electron chi connectivity index (χ3n) is 4.73. The van der Waals surface area contributed by atoms with Crippen molar-refractivity contribution >= 4 is 43.7 Å². The maximum absolute atomic E-state index is 13.6. The van der Waals surface area contributed by atoms with Crippen LogP contribution < -0.4 is 0 Å². The van der Waals surface area contributed by atoms with E-state index in [-0.39, 0.29) is 9.79 Å². The first-order valence-electron chi connectivity index (χ1n) is 9.02. The van der Waals surface area contributed by atoms with Gasteiger partial charge in [-0.2, -0.15) is 0 Å². The first kappa shape index (κ1) is 19.0. The van der Waals surface area contributed by atoms with E-state index in [0.29, 0.717) is 26.6 Å². The summed E-state index contributed by atoms with van der Waals surface area (Å²) in [6.45, 7) is 0. The number of hydrogen-bond acceptors (Lipinski definition) is 5. The van der Waals surface area contributed by atoms with Crippen molar-refractivity contribution in [1.82, 2.24) is 15.0 Å². The van der Waals surface area contributed by atoms with Gasteiger partial charge < -0.3 is 4.98 Å². The minimum Gasteiger partial charge on any atom is -0.351 e. The quantitative estimate of drug-likeness (QED) is 0.372. The van der Waals surface area contributed by atoms with E-state index < -0.39 is 9.84 Å². The number of thiazole rings is 1. The van der Waals surface area contributed by atoms with Crippen LogP contribution >= 0.6 is 22.9 Å². The third kappa shape index (κ3) is 3.21. The number of nitrogens with one attached hydrogen (secondary N) is 1. The van der Waals surface area contributed by atoms with Crippen molar-refractivity contribution in [2.75, 3.05) is 0 Å². The summed E-state index contributed by atoms with van der Waals surface area (Å²) in [5.74, 6) is 0. The van der Waals surface area contributed by atoms with Gasteiger partial charge in [-0.3, -0.25) is 4.98 Å². The first-order chi connectivity index (χ1) is 14.5. The van der Waals surface area contributed by atoms with E-state index >= 15 is 0 Å². The number of nitrogens with zero attached hydrogens (tertiary/aromatic N) is 2. The first-order valence-corrected chi connectivity index (χ1v) is 11.8. The molecular weight excluding hydrogens is 438 g/mol. The van der Waals surface area contributed by atoms with Gasteiger partial charge in [0.15, 0.2) is 0 Å². The lowest BCUT2D eigenvalue weighted by molar-refractivity contribution is 0.597. The van der Waals surface area contributed by atoms with Gasteiger partial charge >= 0.3 is 0 Å². The Balaban J connectivity index is 1.76. The summed E-state index contributed by atoms with van der Waals surface area (Å²) in [5, 5.41) is 3.50. The molecule has 30 heavy (non-hydrogen) atoms. The zero-order valence-corrected chi connectivity index (χ0v) is 17.8. The van der Waals surface area contributed by atoms with Crippen LogP contribution in [0.2, 0.25) is 5.02 Å². The molecule has 3 aromatic heterocycles. The van der Waals surface area contributed by atoms with Gasteiger partial charge in [-0.05, 0) is 42.5 Å². The van der Waals surface area contributed by atoms with E-state index in [4.69, 9.17) is 16.6 Å². The molecule has 0 radical (unpaired) electrons. The highest BCUT2D eigenvalue weighted by Gasteiger charge is 2.28. The number of sulfone groups is 1. The summed E-state index contributed by atoms with van der Waals surface area (Å²) in [6.07, 6.45) is 3.40. The van der Waals surface area contributed by atoms with Crippen LogP contribution in [0.1, 0.15) is 0 Å². The summed E-state index contributed by atoms with van der Waals surface area (Å²) < 4.78 is 27.2. The molecule has 148 valence electrons. The van der Waals surface area contributed by atoms with E-state index in [9.17, 15) is 8.42 Å². The standard InChI is InChI=1S/C22H14ClN3O2S2/c23-15-6-7-18-17(12-15)21(30(27,28)16-4-2-1-3-5-16)20(25-18)22-26-19(13-29-22)14-8-10-24-11-9-14/h1-13,25H. The highest BCUT2D eigenvalue weighted by Crippen LogP contribution is 2.40. The Morgan fingerprint density at radius 3 is 2.50 bits per heavy atom. The highest BCUT2D eigenvalue weighted by atomic mass is 35.5. The molecule has 0 aliphatic rings. The topological polar surface area (TPSA) is 75.7 Å². The molecule has 2 aromatic carbocycles. The Bertz CT molecular complexity index is 1460. The summed E-state index contributed by atoms with van der Waals surface area (Å²) in [4.78, 5) is 12.4. The van der Waals surface area contributed by atoms with Crippen molar-refractivity contribution < 1.29 is 8.42 Å². The Kier molecular flexibility index (Phi) is 4.66. The lowest BCUT2D eigenvalue weighted by Gasteiger charge is -2.06. The normalized spacial score (nSPS) is 11.8. The van der Waals surface area contributed by atoms with Gasteiger partial charge in [0.05, 0.1) is 16.3 Å². The zero-order valence-electron chi connectivity index (χ0n) is 15.4. The van der Waals surface area contributed by atoms with Gasteiger partial charge in [-0.1, -0.05) is 29.8 Å². The molecule has 0 atom stereocenters. The third-order valence-corrected chi connectivity index (χ3v) is 7.68. The van der Waals surface area contributed by atoms with Crippen LogP contribution in [0.15, 0.2) is 88.2 Å². The molecule has 3 heterocycles. The molecule has 0 aliphatic heterocycles. The van der Waals surface area contributed by atoms with Crippen LogP contribution in [0.4, 0.5) is 0 Å². The van der Waals surface area contributed by atoms with E-state index in [1.165, 1.54) is 11.3 Å². The van der Waals surface area contributed by atoms with Crippen molar-refractivity contribution in [3.63, 3.8) is 0 Å². The lowest BCUT2D eigenvalue weighted by atomic mass is 10.2. The van der Waals surface area contributed by atoms with Crippen molar-refractivity contribution in [2.45, 2.75) is 9.79 Å². The molecular formula is C22H14ClN3O2S2. The Labute approximate surface area is 182 Å². The molecule has 5 rings (SSSR count). The lowest BCUT2D eigenvalue weighted by Crippen LogP contribution is -2.03. The monoisotopic (exact) mass is 451 g/mol. The van der Waals surface area contributed by atoms with Crippen LogP contribution in [0.5, 0.6) is 0 Å². The SMILES string of the molecule is O=S(=O)(c1ccccc1)c1c(-c2nc(-c3ccncc3)cs2)[nH]c2ccc(Cl)cc12. The van der Waals surface area contributed by atoms with Crippen LogP contribution in [0, 0.1) is 0 Å². The summed E-state index contributed by atoms with van der Waals surface area (Å²) in [5.41, 5.74) is 2.82. The van der Waals surface area contributed by atoms with Gasteiger partial charge in [0, 0.05) is 39.3 Å². The molecule has 0 unspecified atom stereocenters.